The number of sulfonamides is 1. The Bertz CT molecular complexity index is 1650. The van der Waals surface area contributed by atoms with Crippen molar-refractivity contribution in [3.63, 3.8) is 0 Å². The number of benzene rings is 2. The van der Waals surface area contributed by atoms with Crippen LogP contribution in [0.25, 0.3) is 0 Å². The van der Waals surface area contributed by atoms with Gasteiger partial charge in [-0.05, 0) is 55.2 Å². The summed E-state index contributed by atoms with van der Waals surface area (Å²) < 4.78 is 46.5. The first-order valence-corrected chi connectivity index (χ1v) is 16.2. The van der Waals surface area contributed by atoms with E-state index < -0.39 is 32.5 Å². The average molecular weight is 623 g/mol. The number of carbonyl (C=O) groups is 3. The predicted octanol–water partition coefficient (Wildman–Crippen LogP) is 3.05. The standard InChI is InChI=1S/C32H35FN4O6S/c1-32(13-11-24(33)12-14-32)44(41,42)36-17-15-35(16-18-36)19-22-5-7-23(8-6-22)21-43-28-4-2-3-25-26(28)20-37(31(25)40)27-9-10-29(38)34-30(27)39/h2-8,11-13,27H,9-10,14-21H2,1H3,(H,34,38,39). The van der Waals surface area contributed by atoms with Gasteiger partial charge >= 0.3 is 0 Å². The molecule has 10 nitrogen and oxygen atoms in total. The highest BCUT2D eigenvalue weighted by Crippen LogP contribution is 2.35. The number of piperidine rings is 1. The molecule has 1 N–H and O–H groups in total. The highest BCUT2D eigenvalue weighted by atomic mass is 32.2. The lowest BCUT2D eigenvalue weighted by Gasteiger charge is -2.39. The summed E-state index contributed by atoms with van der Waals surface area (Å²) in [7, 11) is -3.62. The van der Waals surface area contributed by atoms with Gasteiger partial charge < -0.3 is 9.64 Å². The van der Waals surface area contributed by atoms with Crippen molar-refractivity contribution in [2.24, 2.45) is 0 Å². The molecule has 2 saturated heterocycles. The van der Waals surface area contributed by atoms with Gasteiger partial charge in [0.1, 0.15) is 29.0 Å². The number of carbonyl (C=O) groups excluding carboxylic acids is 3. The van der Waals surface area contributed by atoms with Gasteiger partial charge in [0.05, 0.1) is 6.54 Å². The van der Waals surface area contributed by atoms with E-state index in [2.05, 4.69) is 10.2 Å². The van der Waals surface area contributed by atoms with E-state index >= 15 is 0 Å². The molecule has 1 aliphatic carbocycles. The molecule has 2 aromatic rings. The van der Waals surface area contributed by atoms with Gasteiger partial charge in [0, 0.05) is 50.3 Å². The van der Waals surface area contributed by atoms with E-state index in [1.54, 1.807) is 19.1 Å². The number of nitrogens with zero attached hydrogens (tertiary/aromatic N) is 3. The fourth-order valence-electron chi connectivity index (χ4n) is 6.16. The van der Waals surface area contributed by atoms with E-state index in [4.69, 9.17) is 4.74 Å². The van der Waals surface area contributed by atoms with Crippen LogP contribution in [0.5, 0.6) is 5.75 Å². The zero-order valence-corrected chi connectivity index (χ0v) is 25.3. The SMILES string of the molecule is CC1(S(=O)(=O)N2CCN(Cc3ccc(COc4cccc5c4CN(C4CCC(=O)NC4=O)C5=O)cc3)CC2)C=CC(F)=CC1. The first kappa shape index (κ1) is 30.2. The highest BCUT2D eigenvalue weighted by Gasteiger charge is 2.43. The minimum atomic E-state index is -3.62. The highest BCUT2D eigenvalue weighted by molar-refractivity contribution is 7.90. The average Bonchev–Trinajstić information content (AvgIpc) is 3.35. The largest absolute Gasteiger partial charge is 0.489 e. The summed E-state index contributed by atoms with van der Waals surface area (Å²) in [6, 6.07) is 12.7. The first-order chi connectivity index (χ1) is 21.0. The molecular formula is C32H35FN4O6S. The minimum absolute atomic E-state index is 0.125. The predicted molar refractivity (Wildman–Crippen MR) is 160 cm³/mol. The fraction of sp³-hybridized carbons (Fsp3) is 0.406. The van der Waals surface area contributed by atoms with Gasteiger partial charge in [0.2, 0.25) is 21.8 Å². The van der Waals surface area contributed by atoms with Crippen molar-refractivity contribution in [1.82, 2.24) is 19.4 Å². The molecule has 3 aliphatic heterocycles. The number of ether oxygens (including phenoxy) is 1. The summed E-state index contributed by atoms with van der Waals surface area (Å²) in [4.78, 5) is 40.7. The molecule has 2 atom stereocenters. The number of amides is 3. The van der Waals surface area contributed by atoms with Crippen LogP contribution < -0.4 is 10.1 Å². The van der Waals surface area contributed by atoms with Gasteiger partial charge in [-0.15, -0.1) is 0 Å². The van der Waals surface area contributed by atoms with Crippen molar-refractivity contribution in [2.75, 3.05) is 26.2 Å². The lowest BCUT2D eigenvalue weighted by atomic mass is 10.0. The molecular weight excluding hydrogens is 587 g/mol. The third-order valence-electron chi connectivity index (χ3n) is 8.92. The Morgan fingerprint density at radius 2 is 1.75 bits per heavy atom. The van der Waals surface area contributed by atoms with Crippen LogP contribution in [-0.4, -0.2) is 77.2 Å². The molecule has 2 aromatic carbocycles. The minimum Gasteiger partial charge on any atom is -0.489 e. The third kappa shape index (κ3) is 5.81. The molecule has 3 heterocycles. The lowest BCUT2D eigenvalue weighted by Crippen LogP contribution is -2.53. The first-order valence-electron chi connectivity index (χ1n) is 14.8. The Hall–Kier alpha value is -3.87. The fourth-order valence-corrected chi connectivity index (χ4v) is 7.93. The summed E-state index contributed by atoms with van der Waals surface area (Å²) >= 11 is 0. The van der Waals surface area contributed by atoms with E-state index in [9.17, 15) is 27.2 Å². The van der Waals surface area contributed by atoms with Gasteiger partial charge in [-0.3, -0.25) is 24.6 Å². The van der Waals surface area contributed by atoms with E-state index in [0.29, 0.717) is 57.1 Å². The van der Waals surface area contributed by atoms with Gasteiger partial charge in [-0.25, -0.2) is 12.8 Å². The zero-order valence-electron chi connectivity index (χ0n) is 24.5. The second kappa shape index (κ2) is 11.9. The maximum Gasteiger partial charge on any atom is 0.255 e. The lowest BCUT2D eigenvalue weighted by molar-refractivity contribution is -0.136. The molecule has 232 valence electrons. The van der Waals surface area contributed by atoms with E-state index in [-0.39, 0.29) is 31.2 Å². The number of imide groups is 1. The van der Waals surface area contributed by atoms with Crippen molar-refractivity contribution >= 4 is 27.7 Å². The summed E-state index contributed by atoms with van der Waals surface area (Å²) in [6.45, 7) is 4.83. The monoisotopic (exact) mass is 622 g/mol. The molecule has 0 saturated carbocycles. The normalized spacial score (nSPS) is 24.7. The van der Waals surface area contributed by atoms with E-state index in [1.165, 1.54) is 27.4 Å². The van der Waals surface area contributed by atoms with E-state index in [0.717, 1.165) is 16.7 Å². The van der Waals surface area contributed by atoms with Gasteiger partial charge in [0.25, 0.3) is 5.91 Å². The molecule has 0 aromatic heterocycles. The van der Waals surface area contributed by atoms with Crippen molar-refractivity contribution in [2.45, 2.75) is 56.7 Å². The van der Waals surface area contributed by atoms with Gasteiger partial charge in [-0.1, -0.05) is 36.4 Å². The summed E-state index contributed by atoms with van der Waals surface area (Å²) in [5.41, 5.74) is 3.29. The quantitative estimate of drug-likeness (QED) is 0.450. The Morgan fingerprint density at radius 3 is 2.43 bits per heavy atom. The molecule has 44 heavy (non-hydrogen) atoms. The molecule has 0 bridgehead atoms. The number of hydrogen-bond acceptors (Lipinski definition) is 7. The van der Waals surface area contributed by atoms with Crippen LogP contribution in [0.1, 0.15) is 53.2 Å². The van der Waals surface area contributed by atoms with Crippen LogP contribution in [0.2, 0.25) is 0 Å². The smallest absolute Gasteiger partial charge is 0.255 e. The molecule has 2 fully saturated rings. The summed E-state index contributed by atoms with van der Waals surface area (Å²) in [5, 5.41) is 2.32. The van der Waals surface area contributed by atoms with Crippen molar-refractivity contribution in [1.29, 1.82) is 0 Å². The molecule has 6 rings (SSSR count). The molecule has 3 amide bonds. The van der Waals surface area contributed by atoms with Crippen molar-refractivity contribution < 1.29 is 31.9 Å². The van der Waals surface area contributed by atoms with Crippen LogP contribution in [0.15, 0.2) is 66.5 Å². The number of halogens is 1. The molecule has 0 spiro atoms. The van der Waals surface area contributed by atoms with Crippen LogP contribution in [0, 0.1) is 0 Å². The number of rotatable bonds is 8. The Balaban J connectivity index is 1.02. The molecule has 12 heteroatoms. The van der Waals surface area contributed by atoms with Gasteiger partial charge in [0.15, 0.2) is 0 Å². The van der Waals surface area contributed by atoms with Crippen LogP contribution in [0.4, 0.5) is 4.39 Å². The number of fused-ring (bicyclic) bond motifs is 1. The third-order valence-corrected chi connectivity index (χ3v) is 11.4. The second-order valence-corrected chi connectivity index (χ2v) is 14.3. The Morgan fingerprint density at radius 1 is 1.02 bits per heavy atom. The molecule has 2 unspecified atom stereocenters. The summed E-state index contributed by atoms with van der Waals surface area (Å²) in [6.07, 6.45) is 4.64. The molecule has 4 aliphatic rings. The van der Waals surface area contributed by atoms with Crippen molar-refractivity contribution in [3.8, 4) is 5.75 Å². The topological polar surface area (TPSA) is 116 Å². The molecule has 0 radical (unpaired) electrons. The number of allylic oxidation sites excluding steroid dienone is 3. The van der Waals surface area contributed by atoms with Crippen LogP contribution >= 0.6 is 0 Å². The second-order valence-electron chi connectivity index (χ2n) is 11.9. The summed E-state index contributed by atoms with van der Waals surface area (Å²) in [5.74, 6) is -0.827. The maximum absolute atomic E-state index is 13.4. The van der Waals surface area contributed by atoms with Gasteiger partial charge in [-0.2, -0.15) is 4.31 Å². The van der Waals surface area contributed by atoms with Crippen LogP contribution in [0.3, 0.4) is 0 Å². The maximum atomic E-state index is 13.4. The Labute approximate surface area is 256 Å². The number of hydrogen-bond donors (Lipinski definition) is 1. The van der Waals surface area contributed by atoms with Crippen LogP contribution in [-0.2, 0) is 39.3 Å². The zero-order chi connectivity index (χ0) is 31.1. The Kier molecular flexibility index (Phi) is 8.16. The number of nitrogens with one attached hydrogen (secondary N) is 1. The van der Waals surface area contributed by atoms with E-state index in [1.807, 2.05) is 30.3 Å². The number of piperazine rings is 1. The van der Waals surface area contributed by atoms with Crippen molar-refractivity contribution in [3.05, 3.63) is 88.8 Å².